The highest BCUT2D eigenvalue weighted by molar-refractivity contribution is 5.73. The number of hydrogen-bond acceptors (Lipinski definition) is 1. The van der Waals surface area contributed by atoms with Crippen molar-refractivity contribution >= 4 is 0 Å². The maximum absolute atomic E-state index is 13.5. The second-order valence-electron chi connectivity index (χ2n) is 4.05. The number of benzene rings is 2. The summed E-state index contributed by atoms with van der Waals surface area (Å²) in [5, 5.41) is 0. The van der Waals surface area contributed by atoms with E-state index in [0.29, 0.717) is 29.9 Å². The van der Waals surface area contributed by atoms with E-state index in [2.05, 4.69) is 0 Å². The van der Waals surface area contributed by atoms with Crippen LogP contribution in [-0.4, -0.2) is 6.61 Å². The molecule has 0 saturated heterocycles. The fraction of sp³-hybridized carbons (Fsp3) is 0.143. The van der Waals surface area contributed by atoms with Crippen molar-refractivity contribution in [3.63, 3.8) is 0 Å². The van der Waals surface area contributed by atoms with Crippen LogP contribution in [0.25, 0.3) is 11.1 Å². The molecule has 0 radical (unpaired) electrons. The zero-order valence-corrected chi connectivity index (χ0v) is 9.04. The minimum absolute atomic E-state index is 0.312. The molecule has 0 fully saturated rings. The van der Waals surface area contributed by atoms with Crippen molar-refractivity contribution in [3.8, 4) is 16.9 Å². The molecule has 1 heterocycles. The molecular weight excluding hydrogens is 222 g/mol. The topological polar surface area (TPSA) is 9.23 Å². The van der Waals surface area contributed by atoms with Crippen molar-refractivity contribution in [2.75, 3.05) is 6.61 Å². The summed E-state index contributed by atoms with van der Waals surface area (Å²) in [6, 6.07) is 8.97. The van der Waals surface area contributed by atoms with Gasteiger partial charge < -0.3 is 4.74 Å². The van der Waals surface area contributed by atoms with Gasteiger partial charge in [0, 0.05) is 17.5 Å². The highest BCUT2D eigenvalue weighted by atomic mass is 19.1. The lowest BCUT2D eigenvalue weighted by Crippen LogP contribution is -1.90. The molecule has 3 heteroatoms. The van der Waals surface area contributed by atoms with E-state index in [0.717, 1.165) is 5.56 Å². The molecule has 1 nitrogen and oxygen atoms in total. The Balaban J connectivity index is 2.21. The molecule has 0 atom stereocenters. The molecule has 3 rings (SSSR count). The van der Waals surface area contributed by atoms with Gasteiger partial charge in [0.1, 0.15) is 17.4 Å². The van der Waals surface area contributed by atoms with Gasteiger partial charge in [-0.05, 0) is 29.8 Å². The smallest absolute Gasteiger partial charge is 0.130 e. The average Bonchev–Trinajstić information content (AvgIpc) is 2.75. The molecule has 0 aliphatic carbocycles. The van der Waals surface area contributed by atoms with Crippen molar-refractivity contribution in [1.82, 2.24) is 0 Å². The van der Waals surface area contributed by atoms with Crippen LogP contribution in [0.1, 0.15) is 5.56 Å². The molecule has 2 aromatic rings. The van der Waals surface area contributed by atoms with Crippen molar-refractivity contribution in [1.29, 1.82) is 0 Å². The molecule has 86 valence electrons. The highest BCUT2D eigenvalue weighted by Crippen LogP contribution is 2.37. The Bertz CT molecular complexity index is 578. The van der Waals surface area contributed by atoms with Gasteiger partial charge in [-0.15, -0.1) is 0 Å². The normalized spacial score (nSPS) is 13.3. The fourth-order valence-corrected chi connectivity index (χ4v) is 2.14. The fourth-order valence-electron chi connectivity index (χ4n) is 2.14. The predicted octanol–water partition coefficient (Wildman–Crippen LogP) is 3.57. The number of rotatable bonds is 1. The lowest BCUT2D eigenvalue weighted by Gasteiger charge is -2.08. The van der Waals surface area contributed by atoms with Crippen LogP contribution in [-0.2, 0) is 6.42 Å². The zero-order valence-electron chi connectivity index (χ0n) is 9.04. The maximum Gasteiger partial charge on any atom is 0.130 e. The number of ether oxygens (including phenoxy) is 1. The van der Waals surface area contributed by atoms with Gasteiger partial charge in [0.2, 0.25) is 0 Å². The highest BCUT2D eigenvalue weighted by Gasteiger charge is 2.19. The van der Waals surface area contributed by atoms with Gasteiger partial charge in [-0.2, -0.15) is 0 Å². The lowest BCUT2D eigenvalue weighted by atomic mass is 10.0. The summed E-state index contributed by atoms with van der Waals surface area (Å²) in [5.74, 6) is 0.0315. The average molecular weight is 232 g/mol. The summed E-state index contributed by atoms with van der Waals surface area (Å²) in [4.78, 5) is 0. The third-order valence-electron chi connectivity index (χ3n) is 2.88. The zero-order chi connectivity index (χ0) is 11.8. The van der Waals surface area contributed by atoms with Crippen LogP contribution in [0.15, 0.2) is 36.4 Å². The summed E-state index contributed by atoms with van der Waals surface area (Å²) >= 11 is 0. The van der Waals surface area contributed by atoms with Crippen LogP contribution in [0.5, 0.6) is 5.75 Å². The second kappa shape index (κ2) is 3.84. The van der Waals surface area contributed by atoms with Gasteiger partial charge in [-0.25, -0.2) is 8.78 Å². The van der Waals surface area contributed by atoms with Crippen LogP contribution >= 0.6 is 0 Å². The molecule has 1 aliphatic rings. The van der Waals surface area contributed by atoms with Crippen LogP contribution in [0, 0.1) is 11.6 Å². The van der Waals surface area contributed by atoms with E-state index < -0.39 is 0 Å². The summed E-state index contributed by atoms with van der Waals surface area (Å²) in [5.41, 5.74) is 2.11. The number of halogens is 2. The molecular formula is C14H10F2O. The van der Waals surface area contributed by atoms with Crippen molar-refractivity contribution in [2.45, 2.75) is 6.42 Å². The molecule has 1 aliphatic heterocycles. The Morgan fingerprint density at radius 3 is 2.71 bits per heavy atom. The van der Waals surface area contributed by atoms with E-state index in [9.17, 15) is 8.78 Å². The largest absolute Gasteiger partial charge is 0.492 e. The first-order valence-corrected chi connectivity index (χ1v) is 5.45. The Morgan fingerprint density at radius 2 is 1.88 bits per heavy atom. The molecule has 0 spiro atoms. The van der Waals surface area contributed by atoms with E-state index >= 15 is 0 Å². The Morgan fingerprint density at radius 1 is 1.00 bits per heavy atom. The van der Waals surface area contributed by atoms with Gasteiger partial charge in [0.05, 0.1) is 6.61 Å². The molecule has 0 amide bonds. The van der Waals surface area contributed by atoms with Gasteiger partial charge >= 0.3 is 0 Å². The molecule has 0 unspecified atom stereocenters. The minimum Gasteiger partial charge on any atom is -0.492 e. The summed E-state index contributed by atoms with van der Waals surface area (Å²) in [6.45, 7) is 0.557. The first-order chi connectivity index (χ1) is 8.24. The summed E-state index contributed by atoms with van der Waals surface area (Å²) < 4.78 is 32.1. The van der Waals surface area contributed by atoms with Gasteiger partial charge in [-0.3, -0.25) is 0 Å². The Hall–Kier alpha value is -1.90. The third kappa shape index (κ3) is 1.78. The monoisotopic (exact) mass is 232 g/mol. The maximum atomic E-state index is 13.5. The van der Waals surface area contributed by atoms with E-state index in [1.165, 1.54) is 24.3 Å². The molecule has 0 N–H and O–H groups in total. The third-order valence-corrected chi connectivity index (χ3v) is 2.88. The quantitative estimate of drug-likeness (QED) is 0.730. The minimum atomic E-state index is -0.335. The number of fused-ring (bicyclic) bond motifs is 1. The molecule has 17 heavy (non-hydrogen) atoms. The summed E-state index contributed by atoms with van der Waals surface area (Å²) in [6.07, 6.45) is 0.704. The summed E-state index contributed by atoms with van der Waals surface area (Å²) in [7, 11) is 0. The number of hydrogen-bond donors (Lipinski definition) is 0. The van der Waals surface area contributed by atoms with E-state index in [4.69, 9.17) is 4.74 Å². The van der Waals surface area contributed by atoms with E-state index in [-0.39, 0.29) is 11.6 Å². The standard InChI is InChI=1S/C14H10F2O/c15-11-3-1-2-9(6-11)13-8-12(16)7-10-4-5-17-14(10)13/h1-3,6-8H,4-5H2. The Kier molecular flexibility index (Phi) is 2.32. The molecule has 0 aromatic heterocycles. The van der Waals surface area contributed by atoms with Crippen molar-refractivity contribution in [3.05, 3.63) is 53.6 Å². The van der Waals surface area contributed by atoms with Crippen LogP contribution in [0.3, 0.4) is 0 Å². The molecule has 0 bridgehead atoms. The lowest BCUT2D eigenvalue weighted by molar-refractivity contribution is 0.358. The second-order valence-corrected chi connectivity index (χ2v) is 4.05. The SMILES string of the molecule is Fc1cccc(-c2cc(F)cc3c2OCC3)c1. The van der Waals surface area contributed by atoms with Crippen molar-refractivity contribution < 1.29 is 13.5 Å². The predicted molar refractivity (Wildman–Crippen MR) is 61.0 cm³/mol. The van der Waals surface area contributed by atoms with Crippen molar-refractivity contribution in [2.24, 2.45) is 0 Å². The van der Waals surface area contributed by atoms with Crippen LogP contribution < -0.4 is 4.74 Å². The first kappa shape index (κ1) is 10.3. The van der Waals surface area contributed by atoms with Gasteiger partial charge in [0.25, 0.3) is 0 Å². The van der Waals surface area contributed by atoms with Gasteiger partial charge in [-0.1, -0.05) is 12.1 Å². The molecule has 0 saturated carbocycles. The first-order valence-electron chi connectivity index (χ1n) is 5.45. The Labute approximate surface area is 97.7 Å². The van der Waals surface area contributed by atoms with E-state index in [1.54, 1.807) is 12.1 Å². The van der Waals surface area contributed by atoms with E-state index in [1.807, 2.05) is 0 Å². The van der Waals surface area contributed by atoms with Crippen LogP contribution in [0.4, 0.5) is 8.78 Å². The van der Waals surface area contributed by atoms with Gasteiger partial charge in [0.15, 0.2) is 0 Å². The van der Waals surface area contributed by atoms with Crippen LogP contribution in [0.2, 0.25) is 0 Å². The molecule has 2 aromatic carbocycles.